The molecule has 0 aliphatic heterocycles. The van der Waals surface area contributed by atoms with Crippen molar-refractivity contribution in [2.24, 2.45) is 0 Å². The number of aromatic nitrogens is 2. The third kappa shape index (κ3) is 4.58. The summed E-state index contributed by atoms with van der Waals surface area (Å²) in [6, 6.07) is 2.42. The van der Waals surface area contributed by atoms with Crippen molar-refractivity contribution in [2.75, 3.05) is 11.9 Å². The average Bonchev–Trinajstić information content (AvgIpc) is 3.07. The van der Waals surface area contributed by atoms with E-state index < -0.39 is 45.3 Å². The van der Waals surface area contributed by atoms with Crippen molar-refractivity contribution in [3.05, 3.63) is 39.0 Å². The van der Waals surface area contributed by atoms with Gasteiger partial charge in [0.05, 0.1) is 27.3 Å². The Hall–Kier alpha value is -2.12. The molecule has 12 heteroatoms. The van der Waals surface area contributed by atoms with E-state index in [1.807, 2.05) is 0 Å². The van der Waals surface area contributed by atoms with Gasteiger partial charge in [0.25, 0.3) is 0 Å². The minimum Gasteiger partial charge on any atom is -0.326 e. The average molecular weight is 485 g/mol. The molecule has 0 N–H and O–H groups in total. The second-order valence-corrected chi connectivity index (χ2v) is 8.05. The number of alkyl halides is 6. The van der Waals surface area contributed by atoms with E-state index in [0.717, 1.165) is 28.8 Å². The van der Waals surface area contributed by atoms with Crippen LogP contribution in [0, 0.1) is 11.3 Å². The zero-order valence-electron chi connectivity index (χ0n) is 16.1. The van der Waals surface area contributed by atoms with Gasteiger partial charge in [-0.1, -0.05) is 42.5 Å². The molecule has 0 amide bonds. The molecule has 1 aromatic carbocycles. The van der Waals surface area contributed by atoms with E-state index in [2.05, 4.69) is 5.10 Å². The fourth-order valence-corrected chi connectivity index (χ4v) is 4.52. The van der Waals surface area contributed by atoms with E-state index in [1.54, 1.807) is 6.07 Å². The van der Waals surface area contributed by atoms with E-state index in [1.165, 1.54) is 7.05 Å². The number of hydrogen-bond donors (Lipinski definition) is 0. The largest absolute Gasteiger partial charge is 0.436 e. The van der Waals surface area contributed by atoms with Gasteiger partial charge < -0.3 is 4.90 Å². The van der Waals surface area contributed by atoms with Crippen LogP contribution in [0.15, 0.2) is 12.1 Å². The summed E-state index contributed by atoms with van der Waals surface area (Å²) in [5, 5.41) is 12.4. The van der Waals surface area contributed by atoms with Gasteiger partial charge >= 0.3 is 12.4 Å². The Morgan fingerprint density at radius 3 is 2.03 bits per heavy atom. The molecule has 1 aliphatic rings. The molecular weight excluding hydrogens is 469 g/mol. The van der Waals surface area contributed by atoms with Gasteiger partial charge in [0.1, 0.15) is 17.5 Å². The first-order valence-corrected chi connectivity index (χ1v) is 10.0. The predicted molar refractivity (Wildman–Crippen MR) is 104 cm³/mol. The second kappa shape index (κ2) is 8.43. The number of anilines is 2. The fourth-order valence-electron chi connectivity index (χ4n) is 3.78. The number of hydrogen-bond acceptors (Lipinski definition) is 3. The third-order valence-electron chi connectivity index (χ3n) is 5.18. The standard InChI is InChI=1S/C19H16Cl2F6N4/c1-30(15-13(20)7-10(8-14(15)21)18(22,23)24)17-12(9-28)16(19(25,26)27)29-31(17)11-5-3-2-4-6-11/h7-8,11H,2-6H2,1H3. The first kappa shape index (κ1) is 23.5. The van der Waals surface area contributed by atoms with E-state index >= 15 is 0 Å². The summed E-state index contributed by atoms with van der Waals surface area (Å²) in [5.41, 5.74) is -3.36. The number of benzene rings is 1. The molecule has 168 valence electrons. The summed E-state index contributed by atoms with van der Waals surface area (Å²) in [4.78, 5) is 1.10. The molecule has 4 nitrogen and oxygen atoms in total. The fraction of sp³-hybridized carbons (Fsp3) is 0.474. The van der Waals surface area contributed by atoms with Crippen LogP contribution in [0.2, 0.25) is 10.0 Å². The molecule has 2 aromatic rings. The van der Waals surface area contributed by atoms with Crippen molar-refractivity contribution in [1.82, 2.24) is 9.78 Å². The quantitative estimate of drug-likeness (QED) is 0.427. The molecule has 31 heavy (non-hydrogen) atoms. The molecule has 1 heterocycles. The Bertz CT molecular complexity index is 993. The lowest BCUT2D eigenvalue weighted by Crippen LogP contribution is -2.22. The number of nitrogens with zero attached hydrogens (tertiary/aromatic N) is 4. The molecule has 0 radical (unpaired) electrons. The molecule has 0 saturated heterocycles. The van der Waals surface area contributed by atoms with Crippen molar-refractivity contribution in [3.63, 3.8) is 0 Å². The molecule has 1 aliphatic carbocycles. The van der Waals surface area contributed by atoms with Gasteiger partial charge in [0, 0.05) is 7.05 Å². The van der Waals surface area contributed by atoms with Crippen molar-refractivity contribution in [1.29, 1.82) is 5.26 Å². The monoisotopic (exact) mass is 484 g/mol. The van der Waals surface area contributed by atoms with Gasteiger partial charge in [-0.15, -0.1) is 0 Å². The highest BCUT2D eigenvalue weighted by Crippen LogP contribution is 2.46. The number of halogens is 8. The maximum absolute atomic E-state index is 13.6. The topological polar surface area (TPSA) is 44.9 Å². The Balaban J connectivity index is 2.22. The van der Waals surface area contributed by atoms with E-state index in [9.17, 15) is 31.6 Å². The number of nitriles is 1. The Labute approximate surface area is 183 Å². The Kier molecular flexibility index (Phi) is 6.40. The van der Waals surface area contributed by atoms with Crippen LogP contribution in [0.5, 0.6) is 0 Å². The summed E-state index contributed by atoms with van der Waals surface area (Å²) in [6.07, 6.45) is -6.02. The lowest BCUT2D eigenvalue weighted by Gasteiger charge is -2.29. The molecule has 3 rings (SSSR count). The van der Waals surface area contributed by atoms with Crippen LogP contribution < -0.4 is 4.90 Å². The second-order valence-electron chi connectivity index (χ2n) is 7.24. The molecule has 0 atom stereocenters. The minimum atomic E-state index is -4.89. The Morgan fingerprint density at radius 2 is 1.58 bits per heavy atom. The lowest BCUT2D eigenvalue weighted by molar-refractivity contribution is -0.141. The summed E-state index contributed by atoms with van der Waals surface area (Å²) in [7, 11) is 1.29. The van der Waals surface area contributed by atoms with Crippen LogP contribution >= 0.6 is 23.2 Å². The molecular formula is C19H16Cl2F6N4. The van der Waals surface area contributed by atoms with Crippen LogP contribution in [0.3, 0.4) is 0 Å². The highest BCUT2D eigenvalue weighted by Gasteiger charge is 2.42. The molecule has 0 spiro atoms. The highest BCUT2D eigenvalue weighted by molar-refractivity contribution is 6.39. The maximum Gasteiger partial charge on any atom is 0.436 e. The number of rotatable bonds is 3. The SMILES string of the molecule is CN(c1c(Cl)cc(C(F)(F)F)cc1Cl)c1c(C#N)c(C(F)(F)F)nn1C1CCCCC1. The van der Waals surface area contributed by atoms with Crippen molar-refractivity contribution in [2.45, 2.75) is 50.5 Å². The van der Waals surface area contributed by atoms with Crippen LogP contribution in [-0.4, -0.2) is 16.8 Å². The zero-order valence-corrected chi connectivity index (χ0v) is 17.6. The van der Waals surface area contributed by atoms with Gasteiger partial charge in [-0.25, -0.2) is 4.68 Å². The van der Waals surface area contributed by atoms with Gasteiger partial charge in [-0.2, -0.15) is 36.7 Å². The van der Waals surface area contributed by atoms with Crippen molar-refractivity contribution >= 4 is 34.7 Å². The Morgan fingerprint density at radius 1 is 1.03 bits per heavy atom. The van der Waals surface area contributed by atoms with Crippen LogP contribution in [0.1, 0.15) is 55.0 Å². The third-order valence-corrected chi connectivity index (χ3v) is 5.76. The van der Waals surface area contributed by atoms with Crippen LogP contribution in [-0.2, 0) is 12.4 Å². The first-order chi connectivity index (χ1) is 14.4. The zero-order chi connectivity index (χ0) is 23.1. The van der Waals surface area contributed by atoms with Crippen LogP contribution in [0.4, 0.5) is 37.8 Å². The van der Waals surface area contributed by atoms with E-state index in [0.29, 0.717) is 25.0 Å². The normalized spacial score (nSPS) is 15.7. The van der Waals surface area contributed by atoms with Crippen molar-refractivity contribution < 1.29 is 26.3 Å². The van der Waals surface area contributed by atoms with Gasteiger partial charge in [-0.05, 0) is 25.0 Å². The molecule has 1 saturated carbocycles. The first-order valence-electron chi connectivity index (χ1n) is 9.26. The van der Waals surface area contributed by atoms with Crippen LogP contribution in [0.25, 0.3) is 0 Å². The van der Waals surface area contributed by atoms with Crippen molar-refractivity contribution in [3.8, 4) is 6.07 Å². The highest BCUT2D eigenvalue weighted by atomic mass is 35.5. The smallest absolute Gasteiger partial charge is 0.326 e. The van der Waals surface area contributed by atoms with Gasteiger partial charge in [0.2, 0.25) is 0 Å². The van der Waals surface area contributed by atoms with Gasteiger partial charge in [0.15, 0.2) is 5.69 Å². The van der Waals surface area contributed by atoms with Gasteiger partial charge in [-0.3, -0.25) is 0 Å². The van der Waals surface area contributed by atoms with E-state index in [4.69, 9.17) is 23.2 Å². The maximum atomic E-state index is 13.6. The summed E-state index contributed by atoms with van der Waals surface area (Å²) in [6.45, 7) is 0. The lowest BCUT2D eigenvalue weighted by atomic mass is 9.95. The summed E-state index contributed by atoms with van der Waals surface area (Å²) < 4.78 is 81.0. The van der Waals surface area contributed by atoms with E-state index in [-0.39, 0.29) is 11.5 Å². The molecule has 0 bridgehead atoms. The minimum absolute atomic E-state index is 0.154. The summed E-state index contributed by atoms with van der Waals surface area (Å²) >= 11 is 12.1. The molecule has 1 fully saturated rings. The predicted octanol–water partition coefficient (Wildman–Crippen LogP) is 7.37. The molecule has 1 aromatic heterocycles. The summed E-state index contributed by atoms with van der Waals surface area (Å²) in [5.74, 6) is -0.217. The molecule has 0 unspecified atom stereocenters.